The van der Waals surface area contributed by atoms with Crippen LogP contribution in [-0.2, 0) is 21.2 Å². The third kappa shape index (κ3) is 6.13. The first-order chi connectivity index (χ1) is 14.3. The highest BCUT2D eigenvalue weighted by molar-refractivity contribution is 14.1. The van der Waals surface area contributed by atoms with Crippen molar-refractivity contribution in [1.82, 2.24) is 4.31 Å². The van der Waals surface area contributed by atoms with Crippen LogP contribution >= 0.6 is 22.6 Å². The average molecular weight is 534 g/mol. The van der Waals surface area contributed by atoms with E-state index in [0.29, 0.717) is 12.1 Å². The number of hydrogen-bond acceptors (Lipinski definition) is 3. The zero-order valence-electron chi connectivity index (χ0n) is 16.6. The Balaban J connectivity index is 1.79. The van der Waals surface area contributed by atoms with Gasteiger partial charge in [-0.05, 0) is 77.9 Å². The van der Waals surface area contributed by atoms with Crippen molar-refractivity contribution in [2.24, 2.45) is 0 Å². The summed E-state index contributed by atoms with van der Waals surface area (Å²) in [5.41, 5.74) is 2.62. The number of sulfonamides is 1. The van der Waals surface area contributed by atoms with Crippen molar-refractivity contribution in [2.75, 3.05) is 18.4 Å². The SMILES string of the molecule is Cc1ccc(S(=O)(=O)N(CCc2ccccc2)CC(=O)Nc2ccc(I)cc2)cc1. The summed E-state index contributed by atoms with van der Waals surface area (Å²) in [6.45, 7) is 1.85. The lowest BCUT2D eigenvalue weighted by molar-refractivity contribution is -0.116. The summed E-state index contributed by atoms with van der Waals surface area (Å²) < 4.78 is 28.8. The van der Waals surface area contributed by atoms with E-state index < -0.39 is 10.0 Å². The van der Waals surface area contributed by atoms with Crippen molar-refractivity contribution in [3.8, 4) is 0 Å². The molecule has 0 atom stereocenters. The molecule has 0 bridgehead atoms. The van der Waals surface area contributed by atoms with Gasteiger partial charge in [0.2, 0.25) is 15.9 Å². The van der Waals surface area contributed by atoms with E-state index in [9.17, 15) is 13.2 Å². The van der Waals surface area contributed by atoms with Gasteiger partial charge in [0.05, 0.1) is 11.4 Å². The lowest BCUT2D eigenvalue weighted by atomic mass is 10.1. The number of hydrogen-bond donors (Lipinski definition) is 1. The van der Waals surface area contributed by atoms with Crippen LogP contribution in [0.25, 0.3) is 0 Å². The minimum absolute atomic E-state index is 0.184. The summed E-state index contributed by atoms with van der Waals surface area (Å²) in [6.07, 6.45) is 0.517. The molecule has 156 valence electrons. The fourth-order valence-electron chi connectivity index (χ4n) is 2.94. The molecule has 0 aliphatic rings. The molecular formula is C23H23IN2O3S. The van der Waals surface area contributed by atoms with Crippen LogP contribution in [0.4, 0.5) is 5.69 Å². The number of nitrogens with zero attached hydrogens (tertiary/aromatic N) is 1. The Bertz CT molecular complexity index is 1080. The standard InChI is InChI=1S/C23H23IN2O3S/c1-18-7-13-22(14-8-18)30(28,29)26(16-15-19-5-3-2-4-6-19)17-23(27)25-21-11-9-20(24)10-12-21/h2-14H,15-17H2,1H3,(H,25,27). The molecule has 1 amide bonds. The number of aryl methyl sites for hydroxylation is 1. The fourth-order valence-corrected chi connectivity index (χ4v) is 4.69. The first kappa shape index (κ1) is 22.5. The van der Waals surface area contributed by atoms with Crippen LogP contribution < -0.4 is 5.32 Å². The molecule has 0 saturated heterocycles. The normalized spacial score (nSPS) is 11.4. The second-order valence-electron chi connectivity index (χ2n) is 6.94. The topological polar surface area (TPSA) is 66.5 Å². The second kappa shape index (κ2) is 10.2. The molecule has 0 fully saturated rings. The number of benzene rings is 3. The van der Waals surface area contributed by atoms with Crippen molar-refractivity contribution < 1.29 is 13.2 Å². The zero-order chi connectivity index (χ0) is 21.6. The van der Waals surface area contributed by atoms with Crippen molar-refractivity contribution >= 4 is 44.2 Å². The minimum atomic E-state index is -3.81. The summed E-state index contributed by atoms with van der Waals surface area (Å²) in [6, 6.07) is 23.7. The van der Waals surface area contributed by atoms with Crippen molar-refractivity contribution in [1.29, 1.82) is 0 Å². The Morgan fingerprint density at radius 1 is 0.933 bits per heavy atom. The Kier molecular flexibility index (Phi) is 7.63. The lowest BCUT2D eigenvalue weighted by Crippen LogP contribution is -2.39. The maximum Gasteiger partial charge on any atom is 0.243 e. The molecule has 0 aliphatic heterocycles. The van der Waals surface area contributed by atoms with Crippen LogP contribution in [-0.4, -0.2) is 31.7 Å². The number of anilines is 1. The number of halogens is 1. The molecular weight excluding hydrogens is 511 g/mol. The largest absolute Gasteiger partial charge is 0.325 e. The van der Waals surface area contributed by atoms with Crippen LogP contribution in [0.5, 0.6) is 0 Å². The van der Waals surface area contributed by atoms with Crippen LogP contribution in [0.2, 0.25) is 0 Å². The highest BCUT2D eigenvalue weighted by Gasteiger charge is 2.26. The van der Waals surface area contributed by atoms with E-state index in [2.05, 4.69) is 27.9 Å². The zero-order valence-corrected chi connectivity index (χ0v) is 19.6. The molecule has 7 heteroatoms. The van der Waals surface area contributed by atoms with Crippen molar-refractivity contribution in [2.45, 2.75) is 18.2 Å². The molecule has 0 unspecified atom stereocenters. The van der Waals surface area contributed by atoms with Gasteiger partial charge in [-0.25, -0.2) is 8.42 Å². The fraction of sp³-hybridized carbons (Fsp3) is 0.174. The van der Waals surface area contributed by atoms with Crippen LogP contribution in [0.3, 0.4) is 0 Å². The van der Waals surface area contributed by atoms with Gasteiger partial charge < -0.3 is 5.32 Å². The van der Waals surface area contributed by atoms with Crippen LogP contribution in [0, 0.1) is 10.5 Å². The van der Waals surface area contributed by atoms with Crippen molar-refractivity contribution in [3.63, 3.8) is 0 Å². The van der Waals surface area contributed by atoms with Crippen LogP contribution in [0.1, 0.15) is 11.1 Å². The number of carbonyl (C=O) groups excluding carboxylic acids is 1. The highest BCUT2D eigenvalue weighted by atomic mass is 127. The summed E-state index contributed by atoms with van der Waals surface area (Å²) in [4.78, 5) is 12.8. The number of nitrogens with one attached hydrogen (secondary N) is 1. The molecule has 5 nitrogen and oxygen atoms in total. The van der Waals surface area contributed by atoms with E-state index in [0.717, 1.165) is 14.7 Å². The molecule has 30 heavy (non-hydrogen) atoms. The minimum Gasteiger partial charge on any atom is -0.325 e. The molecule has 1 N–H and O–H groups in total. The number of carbonyl (C=O) groups is 1. The predicted molar refractivity (Wildman–Crippen MR) is 128 cm³/mol. The molecule has 0 heterocycles. The summed E-state index contributed by atoms with van der Waals surface area (Å²) in [7, 11) is -3.81. The predicted octanol–water partition coefficient (Wildman–Crippen LogP) is 4.47. The summed E-state index contributed by atoms with van der Waals surface area (Å²) >= 11 is 2.19. The van der Waals surface area contributed by atoms with Gasteiger partial charge >= 0.3 is 0 Å². The third-order valence-corrected chi connectivity index (χ3v) is 7.18. The Morgan fingerprint density at radius 3 is 2.20 bits per heavy atom. The molecule has 3 rings (SSSR count). The first-order valence-electron chi connectivity index (χ1n) is 9.51. The summed E-state index contributed by atoms with van der Waals surface area (Å²) in [5.74, 6) is -0.375. The maximum absolute atomic E-state index is 13.2. The smallest absolute Gasteiger partial charge is 0.243 e. The highest BCUT2D eigenvalue weighted by Crippen LogP contribution is 2.18. The molecule has 3 aromatic carbocycles. The summed E-state index contributed by atoms with van der Waals surface area (Å²) in [5, 5.41) is 2.78. The maximum atomic E-state index is 13.2. The molecule has 0 saturated carbocycles. The Labute approximate surface area is 191 Å². The Hall–Kier alpha value is -2.23. The monoisotopic (exact) mass is 534 g/mol. The lowest BCUT2D eigenvalue weighted by Gasteiger charge is -2.22. The number of rotatable bonds is 8. The first-order valence-corrected chi connectivity index (χ1v) is 12.0. The van der Waals surface area contributed by atoms with Gasteiger partial charge in [-0.15, -0.1) is 0 Å². The van der Waals surface area contributed by atoms with E-state index in [1.54, 1.807) is 36.4 Å². The molecule has 0 aromatic heterocycles. The van der Waals surface area contributed by atoms with Gasteiger partial charge in [-0.2, -0.15) is 4.31 Å². The van der Waals surface area contributed by atoms with E-state index >= 15 is 0 Å². The van der Waals surface area contributed by atoms with Gasteiger partial charge in [-0.3, -0.25) is 4.79 Å². The molecule has 0 radical (unpaired) electrons. The second-order valence-corrected chi connectivity index (χ2v) is 10.1. The van der Waals surface area contributed by atoms with Gasteiger partial charge in [-0.1, -0.05) is 48.0 Å². The van der Waals surface area contributed by atoms with Gasteiger partial charge in [0, 0.05) is 15.8 Å². The molecule has 3 aromatic rings. The van der Waals surface area contributed by atoms with E-state index in [-0.39, 0.29) is 23.9 Å². The third-order valence-electron chi connectivity index (χ3n) is 4.60. The molecule has 0 spiro atoms. The van der Waals surface area contributed by atoms with E-state index in [1.807, 2.05) is 49.4 Å². The Morgan fingerprint density at radius 2 is 1.57 bits per heavy atom. The van der Waals surface area contributed by atoms with E-state index in [1.165, 1.54) is 4.31 Å². The molecule has 0 aliphatic carbocycles. The van der Waals surface area contributed by atoms with Crippen molar-refractivity contribution in [3.05, 3.63) is 93.6 Å². The average Bonchev–Trinajstić information content (AvgIpc) is 2.73. The van der Waals surface area contributed by atoms with Gasteiger partial charge in [0.25, 0.3) is 0 Å². The van der Waals surface area contributed by atoms with Gasteiger partial charge in [0.15, 0.2) is 0 Å². The quantitative estimate of drug-likeness (QED) is 0.434. The van der Waals surface area contributed by atoms with E-state index in [4.69, 9.17) is 0 Å². The number of amides is 1. The van der Waals surface area contributed by atoms with Gasteiger partial charge in [0.1, 0.15) is 0 Å². The van der Waals surface area contributed by atoms with Crippen LogP contribution in [0.15, 0.2) is 83.8 Å².